The summed E-state index contributed by atoms with van der Waals surface area (Å²) in [7, 11) is 0. The molecule has 124 valence electrons. The topological polar surface area (TPSA) is 78.4 Å². The van der Waals surface area contributed by atoms with Crippen LogP contribution in [0.15, 0.2) is 68.2 Å². The number of benzene rings is 2. The van der Waals surface area contributed by atoms with Crippen LogP contribution < -0.4 is 10.4 Å². The van der Waals surface area contributed by atoms with E-state index < -0.39 is 5.63 Å². The maximum absolute atomic E-state index is 11.3. The molecule has 7 heteroatoms. The lowest BCUT2D eigenvalue weighted by Gasteiger charge is -2.04. The molecule has 0 radical (unpaired) electrons. The molecule has 25 heavy (non-hydrogen) atoms. The molecule has 0 fully saturated rings. The highest BCUT2D eigenvalue weighted by Gasteiger charge is 2.12. The van der Waals surface area contributed by atoms with Crippen molar-refractivity contribution in [1.29, 1.82) is 0 Å². The minimum absolute atomic E-state index is 0.0834. The highest BCUT2D eigenvalue weighted by atomic mass is 35.5. The van der Waals surface area contributed by atoms with Gasteiger partial charge in [-0.05, 0) is 30.3 Å². The van der Waals surface area contributed by atoms with Gasteiger partial charge in [0, 0.05) is 17.5 Å². The van der Waals surface area contributed by atoms with E-state index in [9.17, 15) is 4.79 Å². The van der Waals surface area contributed by atoms with Gasteiger partial charge in [0.25, 0.3) is 5.89 Å². The first-order valence-corrected chi connectivity index (χ1v) is 7.81. The lowest BCUT2D eigenvalue weighted by atomic mass is 10.2. The van der Waals surface area contributed by atoms with Crippen molar-refractivity contribution in [2.24, 2.45) is 0 Å². The predicted octanol–water partition coefficient (Wildman–Crippen LogP) is 4.08. The van der Waals surface area contributed by atoms with Gasteiger partial charge in [0.1, 0.15) is 11.3 Å². The zero-order valence-electron chi connectivity index (χ0n) is 12.8. The Hall–Kier alpha value is -3.12. The lowest BCUT2D eigenvalue weighted by Crippen LogP contribution is -1.97. The molecular weight excluding hydrogens is 344 g/mol. The lowest BCUT2D eigenvalue weighted by molar-refractivity contribution is 0.264. The van der Waals surface area contributed by atoms with Crippen molar-refractivity contribution in [3.05, 3.63) is 75.9 Å². The molecule has 0 amide bonds. The van der Waals surface area contributed by atoms with Crippen LogP contribution in [0.1, 0.15) is 5.89 Å². The van der Waals surface area contributed by atoms with Gasteiger partial charge in [-0.1, -0.05) is 23.7 Å². The van der Waals surface area contributed by atoms with Crippen molar-refractivity contribution in [3.63, 3.8) is 0 Å². The fourth-order valence-corrected chi connectivity index (χ4v) is 2.55. The van der Waals surface area contributed by atoms with Crippen LogP contribution >= 0.6 is 11.6 Å². The second-order valence-corrected chi connectivity index (χ2v) is 5.63. The van der Waals surface area contributed by atoms with E-state index in [1.807, 2.05) is 12.1 Å². The Labute approximate surface area is 146 Å². The van der Waals surface area contributed by atoms with Crippen molar-refractivity contribution >= 4 is 22.6 Å². The van der Waals surface area contributed by atoms with E-state index in [0.29, 0.717) is 33.7 Å². The third-order valence-electron chi connectivity index (χ3n) is 3.53. The van der Waals surface area contributed by atoms with Crippen molar-refractivity contribution < 1.29 is 13.6 Å². The third kappa shape index (κ3) is 3.25. The maximum Gasteiger partial charge on any atom is 0.336 e. The Bertz CT molecular complexity index is 1100. The second kappa shape index (κ2) is 6.41. The first kappa shape index (κ1) is 15.4. The van der Waals surface area contributed by atoms with E-state index in [4.69, 9.17) is 25.2 Å². The van der Waals surface area contributed by atoms with Crippen molar-refractivity contribution in [3.8, 4) is 17.2 Å². The molecule has 0 aliphatic rings. The number of halogens is 1. The zero-order chi connectivity index (χ0) is 17.2. The average Bonchev–Trinajstić information content (AvgIpc) is 3.08. The first-order valence-electron chi connectivity index (χ1n) is 7.43. The van der Waals surface area contributed by atoms with Gasteiger partial charge in [-0.2, -0.15) is 0 Å². The molecule has 2 heterocycles. The Morgan fingerprint density at radius 2 is 1.84 bits per heavy atom. The van der Waals surface area contributed by atoms with Gasteiger partial charge >= 0.3 is 5.63 Å². The van der Waals surface area contributed by atoms with Crippen LogP contribution in [0.2, 0.25) is 5.02 Å². The highest BCUT2D eigenvalue weighted by molar-refractivity contribution is 6.33. The molecule has 0 N–H and O–H groups in total. The number of nitrogens with zero attached hydrogens (tertiary/aromatic N) is 2. The summed E-state index contributed by atoms with van der Waals surface area (Å²) < 4.78 is 16.3. The number of fused-ring (bicyclic) bond motifs is 1. The van der Waals surface area contributed by atoms with E-state index in [2.05, 4.69) is 10.2 Å². The van der Waals surface area contributed by atoms with Crippen LogP contribution in [0.25, 0.3) is 22.4 Å². The van der Waals surface area contributed by atoms with Crippen molar-refractivity contribution in [2.75, 3.05) is 0 Å². The van der Waals surface area contributed by atoms with Gasteiger partial charge in [0.15, 0.2) is 6.61 Å². The van der Waals surface area contributed by atoms with Gasteiger partial charge in [-0.15, -0.1) is 10.2 Å². The molecule has 0 atom stereocenters. The summed E-state index contributed by atoms with van der Waals surface area (Å²) in [4.78, 5) is 11.3. The Morgan fingerprint density at radius 1 is 1.00 bits per heavy atom. The van der Waals surface area contributed by atoms with Gasteiger partial charge in [0.2, 0.25) is 5.89 Å². The van der Waals surface area contributed by atoms with Crippen LogP contribution in [0.5, 0.6) is 5.75 Å². The normalized spacial score (nSPS) is 10.9. The summed E-state index contributed by atoms with van der Waals surface area (Å²) >= 11 is 6.11. The van der Waals surface area contributed by atoms with Crippen LogP contribution in [0.3, 0.4) is 0 Å². The quantitative estimate of drug-likeness (QED) is 0.514. The molecule has 2 aromatic heterocycles. The fourth-order valence-electron chi connectivity index (χ4n) is 2.33. The average molecular weight is 355 g/mol. The number of ether oxygens (including phenoxy) is 1. The minimum atomic E-state index is -0.411. The van der Waals surface area contributed by atoms with Gasteiger partial charge < -0.3 is 13.6 Å². The van der Waals surface area contributed by atoms with E-state index in [1.54, 1.807) is 36.4 Å². The molecule has 0 spiro atoms. The summed E-state index contributed by atoms with van der Waals surface area (Å²) in [5.41, 5.74) is 0.702. The largest absolute Gasteiger partial charge is 0.484 e. The van der Waals surface area contributed by atoms with E-state index in [1.165, 1.54) is 6.07 Å². The predicted molar refractivity (Wildman–Crippen MR) is 91.6 cm³/mol. The summed E-state index contributed by atoms with van der Waals surface area (Å²) in [6.07, 6.45) is 0. The molecule has 0 aliphatic heterocycles. The number of aromatic nitrogens is 2. The standard InChI is InChI=1S/C18H11ClN2O4/c19-14-4-2-1-3-13(14)18-21-20-16(25-18)10-23-12-7-5-11-6-8-17(22)24-15(11)9-12/h1-9H,10H2. The van der Waals surface area contributed by atoms with Crippen LogP contribution in [-0.2, 0) is 6.61 Å². The van der Waals surface area contributed by atoms with Gasteiger partial charge in [0.05, 0.1) is 10.6 Å². The smallest absolute Gasteiger partial charge is 0.336 e. The van der Waals surface area contributed by atoms with Gasteiger partial charge in [-0.3, -0.25) is 0 Å². The summed E-state index contributed by atoms with van der Waals surface area (Å²) in [5.74, 6) is 1.16. The monoisotopic (exact) mass is 354 g/mol. The molecule has 6 nitrogen and oxygen atoms in total. The van der Waals surface area contributed by atoms with Crippen molar-refractivity contribution in [2.45, 2.75) is 6.61 Å². The number of hydrogen-bond donors (Lipinski definition) is 0. The third-order valence-corrected chi connectivity index (χ3v) is 3.86. The number of hydrogen-bond acceptors (Lipinski definition) is 6. The fraction of sp³-hybridized carbons (Fsp3) is 0.0556. The van der Waals surface area contributed by atoms with E-state index >= 15 is 0 Å². The molecule has 0 aliphatic carbocycles. The van der Waals surface area contributed by atoms with E-state index in [-0.39, 0.29) is 6.61 Å². The second-order valence-electron chi connectivity index (χ2n) is 5.22. The molecular formula is C18H11ClN2O4. The molecule has 0 saturated heterocycles. The van der Waals surface area contributed by atoms with Crippen LogP contribution in [0.4, 0.5) is 0 Å². The summed E-state index contributed by atoms with van der Waals surface area (Å²) in [6.45, 7) is 0.0834. The highest BCUT2D eigenvalue weighted by Crippen LogP contribution is 2.26. The molecule has 0 saturated carbocycles. The Morgan fingerprint density at radius 3 is 2.72 bits per heavy atom. The van der Waals surface area contributed by atoms with Crippen LogP contribution in [-0.4, -0.2) is 10.2 Å². The Balaban J connectivity index is 1.52. The summed E-state index contributed by atoms with van der Waals surface area (Å²) in [5, 5.41) is 9.27. The molecule has 0 unspecified atom stereocenters. The van der Waals surface area contributed by atoms with E-state index in [0.717, 1.165) is 5.39 Å². The molecule has 0 bridgehead atoms. The number of rotatable bonds is 4. The van der Waals surface area contributed by atoms with Crippen LogP contribution in [0, 0.1) is 0 Å². The maximum atomic E-state index is 11.3. The summed E-state index contributed by atoms with van der Waals surface area (Å²) in [6, 6.07) is 15.5. The zero-order valence-corrected chi connectivity index (χ0v) is 13.6. The Kier molecular flexibility index (Phi) is 3.95. The first-order chi connectivity index (χ1) is 12.2. The molecule has 2 aromatic carbocycles. The minimum Gasteiger partial charge on any atom is -0.484 e. The SMILES string of the molecule is O=c1ccc2ccc(OCc3nnc(-c4ccccc4Cl)o3)cc2o1. The van der Waals surface area contributed by atoms with Gasteiger partial charge in [-0.25, -0.2) is 4.79 Å². The van der Waals surface area contributed by atoms with Crippen molar-refractivity contribution in [1.82, 2.24) is 10.2 Å². The molecule has 4 aromatic rings. The molecule has 4 rings (SSSR count).